The molecule has 0 bridgehead atoms. The lowest BCUT2D eigenvalue weighted by molar-refractivity contribution is 0.642. The number of anilines is 2. The Bertz CT molecular complexity index is 1200. The van der Waals surface area contributed by atoms with Gasteiger partial charge in [0.1, 0.15) is 0 Å². The van der Waals surface area contributed by atoms with E-state index in [4.69, 9.17) is 0 Å². The lowest BCUT2D eigenvalue weighted by Gasteiger charge is -2.27. The Morgan fingerprint density at radius 2 is 1.31 bits per heavy atom. The first kappa shape index (κ1) is 19.1. The maximum absolute atomic E-state index is 2.59. The van der Waals surface area contributed by atoms with E-state index in [0.29, 0.717) is 12.0 Å². The van der Waals surface area contributed by atoms with Crippen LogP contribution in [0.4, 0.5) is 11.4 Å². The summed E-state index contributed by atoms with van der Waals surface area (Å²) in [5, 5.41) is 0. The molecule has 4 aromatic carbocycles. The van der Waals surface area contributed by atoms with Gasteiger partial charge in [-0.05, 0) is 71.0 Å². The molecule has 32 heavy (non-hydrogen) atoms. The average Bonchev–Trinajstić information content (AvgIpc) is 3.45. The van der Waals surface area contributed by atoms with E-state index >= 15 is 0 Å². The topological polar surface area (TPSA) is 3.24 Å². The van der Waals surface area contributed by atoms with Gasteiger partial charge in [-0.1, -0.05) is 91.3 Å². The largest absolute Gasteiger partial charge is 0.338 e. The van der Waals surface area contributed by atoms with Gasteiger partial charge in [0.05, 0.1) is 0 Å². The van der Waals surface area contributed by atoms with Crippen molar-refractivity contribution in [3.63, 3.8) is 0 Å². The summed E-state index contributed by atoms with van der Waals surface area (Å²) in [6.45, 7) is 0. The lowest BCUT2D eigenvalue weighted by Crippen LogP contribution is -2.26. The molecule has 2 aliphatic rings. The number of benzene rings is 4. The number of fused-ring (bicyclic) bond motifs is 3. The number of nitrogens with zero attached hydrogens (tertiary/aromatic N) is 1. The summed E-state index contributed by atoms with van der Waals surface area (Å²) < 4.78 is 0. The van der Waals surface area contributed by atoms with Gasteiger partial charge in [0.2, 0.25) is 0 Å². The van der Waals surface area contributed by atoms with Gasteiger partial charge >= 0.3 is 0 Å². The summed E-state index contributed by atoms with van der Waals surface area (Å²) in [7, 11) is 0. The molecule has 0 radical (unpaired) electrons. The second-order valence-electron chi connectivity index (χ2n) is 8.92. The Kier molecular flexibility index (Phi) is 4.88. The van der Waals surface area contributed by atoms with Crippen molar-refractivity contribution in [1.82, 2.24) is 0 Å². The van der Waals surface area contributed by atoms with Crippen LogP contribution < -0.4 is 4.90 Å². The Morgan fingerprint density at radius 3 is 1.97 bits per heavy atom. The van der Waals surface area contributed by atoms with Crippen LogP contribution in [-0.2, 0) is 0 Å². The van der Waals surface area contributed by atoms with Crippen molar-refractivity contribution in [3.8, 4) is 0 Å². The van der Waals surface area contributed by atoms with Gasteiger partial charge in [-0.2, -0.15) is 0 Å². The minimum Gasteiger partial charge on any atom is -0.338 e. The normalized spacial score (nSPS) is 18.8. The molecular weight excluding hydrogens is 386 g/mol. The fourth-order valence-corrected chi connectivity index (χ4v) is 5.62. The highest BCUT2D eigenvalue weighted by molar-refractivity contribution is 5.92. The quantitative estimate of drug-likeness (QED) is 0.306. The summed E-state index contributed by atoms with van der Waals surface area (Å²) in [4.78, 5) is 2.59. The van der Waals surface area contributed by atoms with Gasteiger partial charge in [0, 0.05) is 23.3 Å². The SMILES string of the molecule is C(=C(c1ccccc1)c1ccccc1)c1ccc2c(c1)[C@H]1CCC[C@@H]1N2c1ccccc1. The third kappa shape index (κ3) is 3.35. The maximum Gasteiger partial charge on any atom is 0.0450 e. The molecule has 1 fully saturated rings. The van der Waals surface area contributed by atoms with Crippen LogP contribution >= 0.6 is 0 Å². The van der Waals surface area contributed by atoms with Gasteiger partial charge in [0.25, 0.3) is 0 Å². The molecule has 0 saturated heterocycles. The molecule has 6 rings (SSSR count). The van der Waals surface area contributed by atoms with E-state index in [0.717, 1.165) is 0 Å². The zero-order chi connectivity index (χ0) is 21.3. The number of hydrogen-bond acceptors (Lipinski definition) is 1. The third-order valence-electron chi connectivity index (χ3n) is 7.04. The van der Waals surface area contributed by atoms with Gasteiger partial charge in [-0.15, -0.1) is 0 Å². The molecule has 0 N–H and O–H groups in total. The second kappa shape index (κ2) is 8.16. The van der Waals surface area contributed by atoms with E-state index in [1.165, 1.54) is 58.5 Å². The molecule has 1 heterocycles. The predicted molar refractivity (Wildman–Crippen MR) is 135 cm³/mol. The molecule has 0 aromatic heterocycles. The number of para-hydroxylation sites is 1. The highest BCUT2D eigenvalue weighted by Crippen LogP contribution is 2.52. The first-order chi connectivity index (χ1) is 15.9. The van der Waals surface area contributed by atoms with Crippen molar-refractivity contribution >= 4 is 23.0 Å². The molecule has 1 heteroatoms. The second-order valence-corrected chi connectivity index (χ2v) is 8.92. The maximum atomic E-state index is 2.59. The predicted octanol–water partition coefficient (Wildman–Crippen LogP) is 8.06. The van der Waals surface area contributed by atoms with E-state index in [-0.39, 0.29) is 0 Å². The molecule has 156 valence electrons. The molecule has 1 aliphatic heterocycles. The van der Waals surface area contributed by atoms with Crippen molar-refractivity contribution in [2.45, 2.75) is 31.2 Å². The minimum absolute atomic E-state index is 0.592. The monoisotopic (exact) mass is 413 g/mol. The summed E-state index contributed by atoms with van der Waals surface area (Å²) in [6, 6.07) is 40.1. The number of hydrogen-bond donors (Lipinski definition) is 0. The molecule has 1 nitrogen and oxygen atoms in total. The highest BCUT2D eigenvalue weighted by atomic mass is 15.2. The minimum atomic E-state index is 0.592. The van der Waals surface area contributed by atoms with Gasteiger partial charge < -0.3 is 4.90 Å². The van der Waals surface area contributed by atoms with Crippen LogP contribution in [-0.4, -0.2) is 6.04 Å². The van der Waals surface area contributed by atoms with Gasteiger partial charge in [-0.25, -0.2) is 0 Å². The lowest BCUT2D eigenvalue weighted by atomic mass is 9.93. The van der Waals surface area contributed by atoms with E-state index in [1.54, 1.807) is 0 Å². The number of rotatable bonds is 4. The van der Waals surface area contributed by atoms with Gasteiger partial charge in [-0.3, -0.25) is 0 Å². The fraction of sp³-hybridized carbons (Fsp3) is 0.161. The third-order valence-corrected chi connectivity index (χ3v) is 7.04. The Morgan fingerprint density at radius 1 is 0.688 bits per heavy atom. The van der Waals surface area contributed by atoms with Crippen LogP contribution in [0.1, 0.15) is 47.4 Å². The zero-order valence-electron chi connectivity index (χ0n) is 18.2. The Hall–Kier alpha value is -3.58. The van der Waals surface area contributed by atoms with Crippen molar-refractivity contribution < 1.29 is 0 Å². The van der Waals surface area contributed by atoms with Crippen molar-refractivity contribution in [2.24, 2.45) is 0 Å². The summed E-state index contributed by atoms with van der Waals surface area (Å²) in [5.41, 5.74) is 9.29. The van der Waals surface area contributed by atoms with Crippen LogP contribution in [0.15, 0.2) is 109 Å². The summed E-state index contributed by atoms with van der Waals surface area (Å²) in [5.74, 6) is 0.635. The first-order valence-electron chi connectivity index (χ1n) is 11.7. The van der Waals surface area contributed by atoms with Crippen LogP contribution in [0.3, 0.4) is 0 Å². The summed E-state index contributed by atoms with van der Waals surface area (Å²) in [6.07, 6.45) is 6.24. The highest BCUT2D eigenvalue weighted by Gasteiger charge is 2.41. The van der Waals surface area contributed by atoms with Crippen LogP contribution in [0.2, 0.25) is 0 Å². The molecule has 1 saturated carbocycles. The van der Waals surface area contributed by atoms with Crippen molar-refractivity contribution in [2.75, 3.05) is 4.90 Å². The van der Waals surface area contributed by atoms with Gasteiger partial charge in [0.15, 0.2) is 0 Å². The Labute approximate surface area is 190 Å². The van der Waals surface area contributed by atoms with E-state index < -0.39 is 0 Å². The van der Waals surface area contributed by atoms with Crippen LogP contribution in [0.5, 0.6) is 0 Å². The van der Waals surface area contributed by atoms with E-state index in [1.807, 2.05) is 0 Å². The van der Waals surface area contributed by atoms with Crippen molar-refractivity contribution in [1.29, 1.82) is 0 Å². The zero-order valence-corrected chi connectivity index (χ0v) is 18.2. The fourth-order valence-electron chi connectivity index (χ4n) is 5.62. The molecule has 0 spiro atoms. The van der Waals surface area contributed by atoms with E-state index in [9.17, 15) is 0 Å². The van der Waals surface area contributed by atoms with E-state index in [2.05, 4.69) is 120 Å². The summed E-state index contributed by atoms with van der Waals surface area (Å²) >= 11 is 0. The Balaban J connectivity index is 1.46. The van der Waals surface area contributed by atoms with Crippen molar-refractivity contribution in [3.05, 3.63) is 131 Å². The smallest absolute Gasteiger partial charge is 0.0450 e. The molecule has 4 aromatic rings. The molecule has 2 atom stereocenters. The molecule has 0 unspecified atom stereocenters. The molecule has 1 aliphatic carbocycles. The average molecular weight is 414 g/mol. The molecular formula is C31H27N. The van der Waals surface area contributed by atoms with Crippen LogP contribution in [0.25, 0.3) is 11.6 Å². The molecule has 0 amide bonds. The standard InChI is InChI=1S/C31H27N/c1-4-11-24(12-5-1)28(25-13-6-2-7-14-25)21-23-19-20-31-29(22-23)27-17-10-18-30(27)32(31)26-15-8-3-9-16-26/h1-9,11-16,19-22,27,30H,10,17-18H2/t27-,30+/m1/s1. The first-order valence-corrected chi connectivity index (χ1v) is 11.7. The van der Waals surface area contributed by atoms with Crippen LogP contribution in [0, 0.1) is 0 Å².